The summed E-state index contributed by atoms with van der Waals surface area (Å²) in [7, 11) is 0. The van der Waals surface area contributed by atoms with Crippen LogP contribution >= 0.6 is 27.5 Å². The average molecular weight is 361 g/mol. The minimum Gasteiger partial charge on any atom is -0.347 e. The predicted molar refractivity (Wildman–Crippen MR) is 78.9 cm³/mol. The lowest BCUT2D eigenvalue weighted by Gasteiger charge is -2.37. The SMILES string of the molecule is O=C(c1cccc(Br)c1Cl)N1CCC2(CC1)OCCO2. The molecule has 2 aliphatic heterocycles. The normalized spacial score (nSPS) is 21.4. The number of nitrogens with zero attached hydrogens (tertiary/aromatic N) is 1. The maximum atomic E-state index is 12.5. The number of halogens is 2. The molecule has 3 rings (SSSR count). The van der Waals surface area contributed by atoms with Crippen molar-refractivity contribution in [1.29, 1.82) is 0 Å². The molecular weight excluding hydrogens is 346 g/mol. The Hall–Kier alpha value is -0.620. The van der Waals surface area contributed by atoms with E-state index in [1.807, 2.05) is 17.0 Å². The summed E-state index contributed by atoms with van der Waals surface area (Å²) in [6, 6.07) is 5.39. The molecule has 1 aromatic rings. The first-order valence-corrected chi connectivity index (χ1v) is 7.80. The van der Waals surface area contributed by atoms with Gasteiger partial charge in [0.05, 0.1) is 23.8 Å². The number of hydrogen-bond acceptors (Lipinski definition) is 3. The number of benzene rings is 1. The van der Waals surface area contributed by atoms with Gasteiger partial charge in [-0.2, -0.15) is 0 Å². The van der Waals surface area contributed by atoms with Gasteiger partial charge in [-0.15, -0.1) is 0 Å². The summed E-state index contributed by atoms with van der Waals surface area (Å²) < 4.78 is 12.1. The molecule has 1 amide bonds. The predicted octanol–water partition coefficient (Wildman–Crippen LogP) is 3.08. The third-order valence-corrected chi connectivity index (χ3v) is 5.10. The van der Waals surface area contributed by atoms with Crippen LogP contribution in [0.15, 0.2) is 22.7 Å². The highest BCUT2D eigenvalue weighted by Gasteiger charge is 2.41. The maximum Gasteiger partial charge on any atom is 0.255 e. The summed E-state index contributed by atoms with van der Waals surface area (Å²) in [5, 5.41) is 0.464. The summed E-state index contributed by atoms with van der Waals surface area (Å²) in [6.07, 6.45) is 1.43. The Balaban J connectivity index is 1.71. The molecular formula is C14H15BrClNO3. The summed E-state index contributed by atoms with van der Waals surface area (Å²) in [4.78, 5) is 14.3. The molecule has 108 valence electrons. The molecule has 0 aromatic heterocycles. The highest BCUT2D eigenvalue weighted by Crippen LogP contribution is 2.33. The fourth-order valence-electron chi connectivity index (χ4n) is 2.68. The Morgan fingerprint density at radius 2 is 1.90 bits per heavy atom. The second kappa shape index (κ2) is 5.64. The van der Waals surface area contributed by atoms with Crippen molar-refractivity contribution in [3.05, 3.63) is 33.3 Å². The molecule has 0 atom stereocenters. The van der Waals surface area contributed by atoms with Crippen LogP contribution in [-0.4, -0.2) is 42.9 Å². The summed E-state index contributed by atoms with van der Waals surface area (Å²) >= 11 is 9.53. The van der Waals surface area contributed by atoms with Crippen molar-refractivity contribution in [1.82, 2.24) is 4.90 Å². The van der Waals surface area contributed by atoms with Gasteiger partial charge in [-0.3, -0.25) is 4.79 Å². The summed E-state index contributed by atoms with van der Waals surface area (Å²) in [6.45, 7) is 2.54. The molecule has 0 N–H and O–H groups in total. The standard InChI is InChI=1S/C14H15BrClNO3/c15-11-3-1-2-10(12(11)16)13(18)17-6-4-14(5-7-17)19-8-9-20-14/h1-3H,4-9H2. The van der Waals surface area contributed by atoms with Gasteiger partial charge < -0.3 is 14.4 Å². The Kier molecular flexibility index (Phi) is 4.04. The van der Waals surface area contributed by atoms with Crippen LogP contribution in [0.1, 0.15) is 23.2 Å². The topological polar surface area (TPSA) is 38.8 Å². The van der Waals surface area contributed by atoms with Crippen LogP contribution < -0.4 is 0 Å². The van der Waals surface area contributed by atoms with E-state index >= 15 is 0 Å². The number of hydrogen-bond donors (Lipinski definition) is 0. The Morgan fingerprint density at radius 1 is 1.25 bits per heavy atom. The van der Waals surface area contributed by atoms with Crippen molar-refractivity contribution in [3.8, 4) is 0 Å². The van der Waals surface area contributed by atoms with Crippen LogP contribution in [0.5, 0.6) is 0 Å². The van der Waals surface area contributed by atoms with Gasteiger partial charge in [0, 0.05) is 30.4 Å². The van der Waals surface area contributed by atoms with Crippen LogP contribution in [0.3, 0.4) is 0 Å². The van der Waals surface area contributed by atoms with Crippen molar-refractivity contribution >= 4 is 33.4 Å². The van der Waals surface area contributed by atoms with Crippen molar-refractivity contribution in [2.45, 2.75) is 18.6 Å². The van der Waals surface area contributed by atoms with Crippen LogP contribution in [0, 0.1) is 0 Å². The fraction of sp³-hybridized carbons (Fsp3) is 0.500. The Labute approximate surface area is 131 Å². The van der Waals surface area contributed by atoms with Gasteiger partial charge in [0.15, 0.2) is 5.79 Å². The lowest BCUT2D eigenvalue weighted by Crippen LogP contribution is -2.47. The Morgan fingerprint density at radius 3 is 2.55 bits per heavy atom. The first-order valence-electron chi connectivity index (χ1n) is 6.62. The van der Waals surface area contributed by atoms with E-state index in [2.05, 4.69) is 15.9 Å². The number of rotatable bonds is 1. The van der Waals surface area contributed by atoms with Crippen LogP contribution in [0.4, 0.5) is 0 Å². The molecule has 6 heteroatoms. The summed E-state index contributed by atoms with van der Waals surface area (Å²) in [5.41, 5.74) is 0.533. The molecule has 0 bridgehead atoms. The largest absolute Gasteiger partial charge is 0.347 e. The smallest absolute Gasteiger partial charge is 0.255 e. The zero-order valence-electron chi connectivity index (χ0n) is 10.9. The zero-order chi connectivity index (χ0) is 14.2. The van der Waals surface area contributed by atoms with Crippen molar-refractivity contribution in [2.75, 3.05) is 26.3 Å². The van der Waals surface area contributed by atoms with E-state index < -0.39 is 5.79 Å². The van der Waals surface area contributed by atoms with Crippen molar-refractivity contribution < 1.29 is 14.3 Å². The summed E-state index contributed by atoms with van der Waals surface area (Å²) in [5.74, 6) is -0.498. The van der Waals surface area contributed by atoms with E-state index in [0.717, 1.165) is 4.47 Å². The second-order valence-corrected chi connectivity index (χ2v) is 6.23. The molecule has 0 aliphatic carbocycles. The minimum absolute atomic E-state index is 0.0378. The van der Waals surface area contributed by atoms with E-state index in [4.69, 9.17) is 21.1 Å². The number of likely N-dealkylation sites (tertiary alicyclic amines) is 1. The molecule has 1 spiro atoms. The number of carbonyl (C=O) groups excluding carboxylic acids is 1. The van der Waals surface area contributed by atoms with Gasteiger partial charge in [-0.05, 0) is 28.1 Å². The maximum absolute atomic E-state index is 12.5. The number of amides is 1. The van der Waals surface area contributed by atoms with Gasteiger partial charge in [0.1, 0.15) is 0 Å². The molecule has 2 saturated heterocycles. The van der Waals surface area contributed by atoms with Crippen molar-refractivity contribution in [2.24, 2.45) is 0 Å². The van der Waals surface area contributed by atoms with Gasteiger partial charge >= 0.3 is 0 Å². The number of ether oxygens (including phenoxy) is 2. The van der Waals surface area contributed by atoms with Crippen LogP contribution in [0.25, 0.3) is 0 Å². The van der Waals surface area contributed by atoms with E-state index in [-0.39, 0.29) is 5.91 Å². The second-order valence-electron chi connectivity index (χ2n) is 5.00. The van der Waals surface area contributed by atoms with Gasteiger partial charge in [-0.25, -0.2) is 0 Å². The molecule has 2 heterocycles. The van der Waals surface area contributed by atoms with Crippen LogP contribution in [0.2, 0.25) is 5.02 Å². The molecule has 0 radical (unpaired) electrons. The lowest BCUT2D eigenvalue weighted by molar-refractivity contribution is -0.181. The first-order chi connectivity index (χ1) is 9.61. The molecule has 4 nitrogen and oxygen atoms in total. The molecule has 1 aromatic carbocycles. The lowest BCUT2D eigenvalue weighted by atomic mass is 10.0. The quantitative estimate of drug-likeness (QED) is 0.772. The average Bonchev–Trinajstić information content (AvgIpc) is 2.90. The van der Waals surface area contributed by atoms with Crippen LogP contribution in [-0.2, 0) is 9.47 Å². The van der Waals surface area contributed by atoms with Gasteiger partial charge in [-0.1, -0.05) is 17.7 Å². The molecule has 0 saturated carbocycles. The number of piperidine rings is 1. The first kappa shape index (κ1) is 14.3. The molecule has 2 fully saturated rings. The molecule has 0 unspecified atom stereocenters. The molecule has 2 aliphatic rings. The minimum atomic E-state index is -0.460. The monoisotopic (exact) mass is 359 g/mol. The highest BCUT2D eigenvalue weighted by molar-refractivity contribution is 9.10. The van der Waals surface area contributed by atoms with E-state index in [1.54, 1.807) is 6.07 Å². The molecule has 20 heavy (non-hydrogen) atoms. The van der Waals surface area contributed by atoms with Crippen molar-refractivity contribution in [3.63, 3.8) is 0 Å². The third-order valence-electron chi connectivity index (χ3n) is 3.81. The Bertz CT molecular complexity index is 521. The van der Waals surface area contributed by atoms with Gasteiger partial charge in [0.25, 0.3) is 5.91 Å². The number of carbonyl (C=O) groups is 1. The highest BCUT2D eigenvalue weighted by atomic mass is 79.9. The van der Waals surface area contributed by atoms with E-state index in [1.165, 1.54) is 0 Å². The van der Waals surface area contributed by atoms with E-state index in [9.17, 15) is 4.79 Å². The zero-order valence-corrected chi connectivity index (χ0v) is 13.2. The van der Waals surface area contributed by atoms with E-state index in [0.29, 0.717) is 49.7 Å². The van der Waals surface area contributed by atoms with Gasteiger partial charge in [0.2, 0.25) is 0 Å². The third kappa shape index (κ3) is 2.60. The fourth-order valence-corrected chi connectivity index (χ4v) is 3.25.